The fourth-order valence-corrected chi connectivity index (χ4v) is 2.11. The predicted molar refractivity (Wildman–Crippen MR) is 79.1 cm³/mol. The summed E-state index contributed by atoms with van der Waals surface area (Å²) in [5, 5.41) is 8.90. The van der Waals surface area contributed by atoms with Crippen LogP contribution >= 0.6 is 0 Å². The van der Waals surface area contributed by atoms with Gasteiger partial charge in [-0.15, -0.1) is 0 Å². The van der Waals surface area contributed by atoms with Gasteiger partial charge in [0, 0.05) is 5.56 Å². The van der Waals surface area contributed by atoms with Crippen molar-refractivity contribution in [1.82, 2.24) is 4.98 Å². The van der Waals surface area contributed by atoms with Crippen LogP contribution in [0, 0.1) is 0 Å². The highest BCUT2D eigenvalue weighted by Crippen LogP contribution is 2.43. The van der Waals surface area contributed by atoms with Crippen molar-refractivity contribution in [3.05, 3.63) is 40.2 Å². The first-order valence-corrected chi connectivity index (χ1v) is 6.29. The van der Waals surface area contributed by atoms with E-state index in [4.69, 9.17) is 19.3 Å². The summed E-state index contributed by atoms with van der Waals surface area (Å²) in [5.74, 6) is -0.0501. The van der Waals surface area contributed by atoms with Crippen molar-refractivity contribution in [2.75, 3.05) is 21.3 Å². The Kier molecular flexibility index (Phi) is 4.36. The highest BCUT2D eigenvalue weighted by molar-refractivity contribution is 5.87. The molecule has 0 bridgehead atoms. The SMILES string of the molecule is COc1ccc(-c2ccc(C(=O)O)c(=O)[nH]2)c(OC)c1OC. The Balaban J connectivity index is 2.65. The molecule has 0 amide bonds. The predicted octanol–water partition coefficient (Wildman–Crippen LogP) is 1.77. The molecule has 1 aromatic carbocycles. The van der Waals surface area contributed by atoms with E-state index in [-0.39, 0.29) is 5.56 Å². The standard InChI is InChI=1S/C15H15NO6/c1-20-11-7-5-8(12(21-2)13(11)22-3)10-6-4-9(15(18)19)14(17)16-10/h4-7H,1-3H3,(H,16,17)(H,18,19). The van der Waals surface area contributed by atoms with Crippen LogP contribution in [0.2, 0.25) is 0 Å². The van der Waals surface area contributed by atoms with Gasteiger partial charge in [-0.25, -0.2) is 4.79 Å². The lowest BCUT2D eigenvalue weighted by Gasteiger charge is -2.15. The first-order chi connectivity index (χ1) is 10.5. The summed E-state index contributed by atoms with van der Waals surface area (Å²) in [6.07, 6.45) is 0. The molecule has 0 unspecified atom stereocenters. The molecule has 22 heavy (non-hydrogen) atoms. The second-order valence-corrected chi connectivity index (χ2v) is 4.30. The van der Waals surface area contributed by atoms with Gasteiger partial charge >= 0.3 is 5.97 Å². The Hall–Kier alpha value is -2.96. The first kappa shape index (κ1) is 15.4. The van der Waals surface area contributed by atoms with Crippen LogP contribution in [0.25, 0.3) is 11.3 Å². The van der Waals surface area contributed by atoms with Gasteiger partial charge < -0.3 is 24.3 Å². The molecule has 0 saturated carbocycles. The van der Waals surface area contributed by atoms with Gasteiger partial charge in [0.05, 0.1) is 27.0 Å². The van der Waals surface area contributed by atoms with E-state index in [1.54, 1.807) is 12.1 Å². The molecule has 0 radical (unpaired) electrons. The van der Waals surface area contributed by atoms with Crippen LogP contribution in [-0.2, 0) is 0 Å². The number of nitrogens with one attached hydrogen (secondary N) is 1. The van der Waals surface area contributed by atoms with Crippen molar-refractivity contribution in [1.29, 1.82) is 0 Å². The van der Waals surface area contributed by atoms with Crippen molar-refractivity contribution in [3.8, 4) is 28.5 Å². The quantitative estimate of drug-likeness (QED) is 0.873. The molecule has 0 spiro atoms. The average Bonchev–Trinajstić information content (AvgIpc) is 2.52. The van der Waals surface area contributed by atoms with Crippen molar-refractivity contribution in [2.24, 2.45) is 0 Å². The minimum absolute atomic E-state index is 0.330. The third kappa shape index (κ3) is 2.60. The third-order valence-corrected chi connectivity index (χ3v) is 3.13. The zero-order valence-corrected chi connectivity index (χ0v) is 12.3. The molecule has 0 aliphatic carbocycles. The molecule has 0 atom stereocenters. The molecule has 1 heterocycles. The zero-order chi connectivity index (χ0) is 16.3. The molecule has 0 aliphatic heterocycles. The lowest BCUT2D eigenvalue weighted by Crippen LogP contribution is -2.17. The molecule has 7 nitrogen and oxygen atoms in total. The molecule has 7 heteroatoms. The minimum Gasteiger partial charge on any atom is -0.493 e. The summed E-state index contributed by atoms with van der Waals surface area (Å²) in [5.41, 5.74) is -0.0629. The maximum Gasteiger partial charge on any atom is 0.341 e. The summed E-state index contributed by atoms with van der Waals surface area (Å²) in [7, 11) is 4.44. The van der Waals surface area contributed by atoms with E-state index in [0.717, 1.165) is 0 Å². The maximum atomic E-state index is 11.8. The van der Waals surface area contributed by atoms with Crippen molar-refractivity contribution in [2.45, 2.75) is 0 Å². The van der Waals surface area contributed by atoms with E-state index in [2.05, 4.69) is 4.98 Å². The molecular formula is C15H15NO6. The van der Waals surface area contributed by atoms with E-state index >= 15 is 0 Å². The smallest absolute Gasteiger partial charge is 0.341 e. The molecular weight excluding hydrogens is 290 g/mol. The number of carboxylic acids is 1. The van der Waals surface area contributed by atoms with Gasteiger partial charge in [-0.3, -0.25) is 4.79 Å². The topological polar surface area (TPSA) is 97.9 Å². The molecule has 116 valence electrons. The number of aromatic carboxylic acids is 1. The first-order valence-electron chi connectivity index (χ1n) is 6.29. The van der Waals surface area contributed by atoms with Gasteiger partial charge in [-0.2, -0.15) is 0 Å². The number of H-pyrrole nitrogens is 1. The van der Waals surface area contributed by atoms with Crippen LogP contribution in [0.4, 0.5) is 0 Å². The second-order valence-electron chi connectivity index (χ2n) is 4.30. The number of methoxy groups -OCH3 is 3. The van der Waals surface area contributed by atoms with E-state index < -0.39 is 11.5 Å². The number of rotatable bonds is 5. The number of carboxylic acid groups (broad SMARTS) is 1. The minimum atomic E-state index is -1.29. The van der Waals surface area contributed by atoms with Gasteiger partial charge in [0.2, 0.25) is 5.75 Å². The molecule has 1 aromatic heterocycles. The molecule has 2 N–H and O–H groups in total. The summed E-state index contributed by atoms with van der Waals surface area (Å²) < 4.78 is 15.8. The van der Waals surface area contributed by atoms with E-state index in [1.807, 2.05) is 0 Å². The second kappa shape index (κ2) is 6.21. The van der Waals surface area contributed by atoms with Crippen LogP contribution in [-0.4, -0.2) is 37.4 Å². The molecule has 0 aliphatic rings. The van der Waals surface area contributed by atoms with Crippen LogP contribution in [0.5, 0.6) is 17.2 Å². The van der Waals surface area contributed by atoms with Crippen LogP contribution in [0.15, 0.2) is 29.1 Å². The number of pyridine rings is 1. The highest BCUT2D eigenvalue weighted by Gasteiger charge is 2.18. The van der Waals surface area contributed by atoms with Crippen molar-refractivity contribution in [3.63, 3.8) is 0 Å². The number of hydrogen-bond acceptors (Lipinski definition) is 5. The average molecular weight is 305 g/mol. The van der Waals surface area contributed by atoms with Crippen molar-refractivity contribution >= 4 is 5.97 Å². The Morgan fingerprint density at radius 1 is 1.00 bits per heavy atom. The lowest BCUT2D eigenvalue weighted by atomic mass is 10.1. The lowest BCUT2D eigenvalue weighted by molar-refractivity contribution is 0.0695. The molecule has 0 fully saturated rings. The van der Waals surface area contributed by atoms with Crippen LogP contribution in [0.3, 0.4) is 0 Å². The van der Waals surface area contributed by atoms with E-state index in [0.29, 0.717) is 28.5 Å². The summed E-state index contributed by atoms with van der Waals surface area (Å²) in [6, 6.07) is 6.09. The Bertz CT molecular complexity index is 765. The fourth-order valence-electron chi connectivity index (χ4n) is 2.11. The van der Waals surface area contributed by atoms with Gasteiger partial charge in [-0.1, -0.05) is 0 Å². The molecule has 2 aromatic rings. The zero-order valence-electron chi connectivity index (χ0n) is 12.3. The van der Waals surface area contributed by atoms with Gasteiger partial charge in [0.1, 0.15) is 5.56 Å². The number of aromatic amines is 1. The van der Waals surface area contributed by atoms with Crippen LogP contribution in [0.1, 0.15) is 10.4 Å². The van der Waals surface area contributed by atoms with E-state index in [9.17, 15) is 9.59 Å². The largest absolute Gasteiger partial charge is 0.493 e. The number of ether oxygens (including phenoxy) is 3. The normalized spacial score (nSPS) is 10.1. The molecule has 2 rings (SSSR count). The summed E-state index contributed by atoms with van der Waals surface area (Å²) in [6.45, 7) is 0. The number of hydrogen-bond donors (Lipinski definition) is 2. The Morgan fingerprint density at radius 2 is 1.68 bits per heavy atom. The maximum absolute atomic E-state index is 11.8. The fraction of sp³-hybridized carbons (Fsp3) is 0.200. The summed E-state index contributed by atoms with van der Waals surface area (Å²) in [4.78, 5) is 25.2. The molecule has 0 saturated heterocycles. The summed E-state index contributed by atoms with van der Waals surface area (Å²) >= 11 is 0. The monoisotopic (exact) mass is 305 g/mol. The van der Waals surface area contributed by atoms with Crippen LogP contribution < -0.4 is 19.8 Å². The number of carbonyl (C=O) groups is 1. The Labute approximate surface area is 126 Å². The third-order valence-electron chi connectivity index (χ3n) is 3.13. The van der Waals surface area contributed by atoms with Crippen molar-refractivity contribution < 1.29 is 24.1 Å². The van der Waals surface area contributed by atoms with Gasteiger partial charge in [-0.05, 0) is 24.3 Å². The number of aromatic nitrogens is 1. The van der Waals surface area contributed by atoms with E-state index in [1.165, 1.54) is 33.5 Å². The number of benzene rings is 1. The Morgan fingerprint density at radius 3 is 2.18 bits per heavy atom. The van der Waals surface area contributed by atoms with Gasteiger partial charge in [0.15, 0.2) is 11.5 Å². The van der Waals surface area contributed by atoms with Gasteiger partial charge in [0.25, 0.3) is 5.56 Å². The highest BCUT2D eigenvalue weighted by atomic mass is 16.5.